The summed E-state index contributed by atoms with van der Waals surface area (Å²) >= 11 is 0. The predicted molar refractivity (Wildman–Crippen MR) is 43.5 cm³/mol. The Kier molecular flexibility index (Phi) is 4.37. The maximum Gasteiger partial charge on any atom is 0.469 e. The Hall–Kier alpha value is 0.0700. The second-order valence-electron chi connectivity index (χ2n) is 2.92. The zero-order chi connectivity index (χ0) is 9.83. The first-order chi connectivity index (χ1) is 5.27. The third kappa shape index (κ3) is 6.76. The van der Waals surface area contributed by atoms with Crippen LogP contribution in [0.2, 0.25) is 0 Å². The van der Waals surface area contributed by atoms with Gasteiger partial charge in [-0.3, -0.25) is 4.52 Å². The number of hydrogen-bond acceptors (Lipinski definition) is 3. The van der Waals surface area contributed by atoms with Gasteiger partial charge in [0.15, 0.2) is 0 Å². The fraction of sp³-hybridized carbons (Fsp3) is 1.00. The lowest BCUT2D eigenvalue weighted by Crippen LogP contribution is -2.24. The van der Waals surface area contributed by atoms with Gasteiger partial charge in [0.05, 0.1) is 12.2 Å². The van der Waals surface area contributed by atoms with Crippen molar-refractivity contribution in [1.29, 1.82) is 0 Å². The van der Waals surface area contributed by atoms with Gasteiger partial charge >= 0.3 is 7.82 Å². The summed E-state index contributed by atoms with van der Waals surface area (Å²) in [5.74, 6) is 0. The Morgan fingerprint density at radius 1 is 1.50 bits per heavy atom. The molecule has 0 spiro atoms. The average molecular weight is 198 g/mol. The van der Waals surface area contributed by atoms with Crippen molar-refractivity contribution in [1.82, 2.24) is 0 Å². The molecule has 1 unspecified atom stereocenters. The number of rotatable bonds is 5. The molecule has 5 nitrogen and oxygen atoms in total. The molecule has 0 radical (unpaired) electrons. The molecule has 0 aliphatic rings. The smallest absolute Gasteiger partial charge is 0.390 e. The van der Waals surface area contributed by atoms with Gasteiger partial charge < -0.3 is 14.9 Å². The molecule has 0 bridgehead atoms. The van der Waals surface area contributed by atoms with E-state index in [-0.39, 0.29) is 13.0 Å². The van der Waals surface area contributed by atoms with Gasteiger partial charge in [-0.1, -0.05) is 6.92 Å². The van der Waals surface area contributed by atoms with Gasteiger partial charge in [-0.05, 0) is 19.8 Å². The van der Waals surface area contributed by atoms with E-state index in [0.717, 1.165) is 0 Å². The maximum absolute atomic E-state index is 10.2. The largest absolute Gasteiger partial charge is 0.469 e. The van der Waals surface area contributed by atoms with Crippen molar-refractivity contribution >= 4 is 7.82 Å². The summed E-state index contributed by atoms with van der Waals surface area (Å²) in [6, 6.07) is 0. The lowest BCUT2D eigenvalue weighted by molar-refractivity contribution is 0.0294. The number of phosphoric acid groups is 1. The molecule has 0 saturated heterocycles. The molecule has 74 valence electrons. The minimum absolute atomic E-state index is 0.134. The normalized spacial score (nSPS) is 17.4. The molecule has 0 aromatic heterocycles. The molecule has 0 rings (SSSR count). The molecule has 0 fully saturated rings. The molecule has 3 N–H and O–H groups in total. The molecular formula is C6H15O5P. The van der Waals surface area contributed by atoms with Crippen LogP contribution in [-0.4, -0.2) is 27.1 Å². The maximum atomic E-state index is 10.2. The molecular weight excluding hydrogens is 183 g/mol. The van der Waals surface area contributed by atoms with E-state index in [4.69, 9.17) is 9.79 Å². The molecule has 6 heteroatoms. The zero-order valence-electron chi connectivity index (χ0n) is 7.23. The third-order valence-electron chi connectivity index (χ3n) is 1.66. The standard InChI is InChI=1S/C6H15O5P/c1-3-6(2,7)4-5-11-12(8,9)10/h7H,3-5H2,1-2H3,(H2,8,9,10). The molecule has 0 heterocycles. The first-order valence-corrected chi connectivity index (χ1v) is 5.22. The molecule has 0 aromatic rings. The number of aliphatic hydroxyl groups is 1. The van der Waals surface area contributed by atoms with Crippen LogP contribution in [0, 0.1) is 0 Å². The second-order valence-corrected chi connectivity index (χ2v) is 4.16. The van der Waals surface area contributed by atoms with Crippen LogP contribution in [0.3, 0.4) is 0 Å². The SMILES string of the molecule is CCC(C)(O)CCOP(=O)(O)O. The minimum atomic E-state index is -4.37. The first-order valence-electron chi connectivity index (χ1n) is 3.69. The van der Waals surface area contributed by atoms with E-state index in [1.54, 1.807) is 13.8 Å². The van der Waals surface area contributed by atoms with Crippen molar-refractivity contribution in [3.05, 3.63) is 0 Å². The third-order valence-corrected chi connectivity index (χ3v) is 2.18. The summed E-state index contributed by atoms with van der Waals surface area (Å²) in [5.41, 5.74) is -0.908. The summed E-state index contributed by atoms with van der Waals surface area (Å²) in [7, 11) is -4.37. The summed E-state index contributed by atoms with van der Waals surface area (Å²) in [4.78, 5) is 16.6. The fourth-order valence-corrected chi connectivity index (χ4v) is 0.890. The van der Waals surface area contributed by atoms with Crippen molar-refractivity contribution in [3.63, 3.8) is 0 Å². The highest BCUT2D eigenvalue weighted by Crippen LogP contribution is 2.36. The van der Waals surface area contributed by atoms with Crippen LogP contribution in [0.25, 0.3) is 0 Å². The van der Waals surface area contributed by atoms with Crippen molar-refractivity contribution in [2.45, 2.75) is 32.3 Å². The van der Waals surface area contributed by atoms with Crippen LogP contribution in [0.4, 0.5) is 0 Å². The quantitative estimate of drug-likeness (QED) is 0.564. The van der Waals surface area contributed by atoms with E-state index in [2.05, 4.69) is 4.52 Å². The minimum Gasteiger partial charge on any atom is -0.390 e. The number of hydrogen-bond donors (Lipinski definition) is 3. The summed E-state index contributed by atoms with van der Waals surface area (Å²) in [6.07, 6.45) is 0.742. The van der Waals surface area contributed by atoms with E-state index < -0.39 is 13.4 Å². The average Bonchev–Trinajstić information content (AvgIpc) is 1.84. The van der Waals surface area contributed by atoms with Crippen LogP contribution < -0.4 is 0 Å². The Morgan fingerprint density at radius 2 is 2.00 bits per heavy atom. The van der Waals surface area contributed by atoms with Crippen LogP contribution >= 0.6 is 7.82 Å². The highest BCUT2D eigenvalue weighted by Gasteiger charge is 2.20. The van der Waals surface area contributed by atoms with E-state index in [0.29, 0.717) is 6.42 Å². The molecule has 0 aliphatic carbocycles. The van der Waals surface area contributed by atoms with E-state index >= 15 is 0 Å². The van der Waals surface area contributed by atoms with Crippen molar-refractivity contribution in [3.8, 4) is 0 Å². The molecule has 1 atom stereocenters. The van der Waals surface area contributed by atoms with Gasteiger partial charge in [-0.15, -0.1) is 0 Å². The Labute approximate surface area is 71.6 Å². The van der Waals surface area contributed by atoms with Crippen LogP contribution in [0.1, 0.15) is 26.7 Å². The highest BCUT2D eigenvalue weighted by atomic mass is 31.2. The van der Waals surface area contributed by atoms with Gasteiger partial charge in [0.2, 0.25) is 0 Å². The Bertz CT molecular complexity index is 173. The molecule has 0 saturated carbocycles. The fourth-order valence-electron chi connectivity index (χ4n) is 0.561. The summed E-state index contributed by atoms with van der Waals surface area (Å²) < 4.78 is 14.4. The molecule has 0 aromatic carbocycles. The van der Waals surface area contributed by atoms with Crippen molar-refractivity contribution in [2.24, 2.45) is 0 Å². The number of phosphoric ester groups is 1. The lowest BCUT2D eigenvalue weighted by atomic mass is 10.0. The van der Waals surface area contributed by atoms with E-state index in [9.17, 15) is 9.67 Å². The summed E-state index contributed by atoms with van der Waals surface area (Å²) in [5, 5.41) is 9.39. The van der Waals surface area contributed by atoms with E-state index in [1.165, 1.54) is 0 Å². The predicted octanol–water partition coefficient (Wildman–Crippen LogP) is 0.647. The topological polar surface area (TPSA) is 87.0 Å². The first kappa shape index (κ1) is 12.1. The molecule has 0 aliphatic heterocycles. The molecule has 12 heavy (non-hydrogen) atoms. The van der Waals surface area contributed by atoms with Gasteiger partial charge in [-0.2, -0.15) is 0 Å². The van der Waals surface area contributed by atoms with E-state index in [1.807, 2.05) is 0 Å². The zero-order valence-corrected chi connectivity index (χ0v) is 8.12. The Balaban J connectivity index is 3.64. The van der Waals surface area contributed by atoms with Crippen molar-refractivity contribution < 1.29 is 24.0 Å². The van der Waals surface area contributed by atoms with Crippen molar-refractivity contribution in [2.75, 3.05) is 6.61 Å². The van der Waals surface area contributed by atoms with Crippen LogP contribution in [-0.2, 0) is 9.09 Å². The van der Waals surface area contributed by atoms with Gasteiger partial charge in [0.25, 0.3) is 0 Å². The Morgan fingerprint density at radius 3 is 2.33 bits per heavy atom. The highest BCUT2D eigenvalue weighted by molar-refractivity contribution is 7.46. The molecule has 0 amide bonds. The lowest BCUT2D eigenvalue weighted by Gasteiger charge is -2.20. The van der Waals surface area contributed by atoms with Crippen LogP contribution in [0.5, 0.6) is 0 Å². The van der Waals surface area contributed by atoms with Gasteiger partial charge in [0, 0.05) is 0 Å². The second kappa shape index (κ2) is 4.35. The summed E-state index contributed by atoms with van der Waals surface area (Å²) in [6.45, 7) is 3.25. The van der Waals surface area contributed by atoms with Gasteiger partial charge in [0.1, 0.15) is 0 Å². The van der Waals surface area contributed by atoms with Crippen LogP contribution in [0.15, 0.2) is 0 Å². The van der Waals surface area contributed by atoms with Gasteiger partial charge in [-0.25, -0.2) is 4.57 Å². The monoisotopic (exact) mass is 198 g/mol.